The molecule has 1 amide bonds. The van der Waals surface area contributed by atoms with E-state index in [0.29, 0.717) is 30.2 Å². The zero-order chi connectivity index (χ0) is 17.4. The van der Waals surface area contributed by atoms with Gasteiger partial charge in [-0.05, 0) is 32.1 Å². The van der Waals surface area contributed by atoms with Gasteiger partial charge in [0, 0.05) is 41.9 Å². The summed E-state index contributed by atoms with van der Waals surface area (Å²) in [7, 11) is 1.95. The van der Waals surface area contributed by atoms with E-state index in [0.717, 1.165) is 43.4 Å². The van der Waals surface area contributed by atoms with Crippen LogP contribution in [0.3, 0.4) is 0 Å². The summed E-state index contributed by atoms with van der Waals surface area (Å²) in [6, 6.07) is 0. The van der Waals surface area contributed by atoms with E-state index in [2.05, 4.69) is 15.4 Å². The first-order valence-electron chi connectivity index (χ1n) is 8.95. The predicted molar refractivity (Wildman–Crippen MR) is 96.6 cm³/mol. The Morgan fingerprint density at radius 2 is 2.24 bits per heavy atom. The van der Waals surface area contributed by atoms with Crippen LogP contribution >= 0.6 is 11.3 Å². The predicted octanol–water partition coefficient (Wildman–Crippen LogP) is 3.12. The number of hydrogen-bond donors (Lipinski definition) is 1. The van der Waals surface area contributed by atoms with Crippen LogP contribution in [0, 0.1) is 5.92 Å². The van der Waals surface area contributed by atoms with Gasteiger partial charge in [0.05, 0.1) is 11.9 Å². The van der Waals surface area contributed by atoms with Crippen molar-refractivity contribution in [2.75, 3.05) is 5.32 Å². The zero-order valence-corrected chi connectivity index (χ0v) is 15.2. The third kappa shape index (κ3) is 3.25. The summed E-state index contributed by atoms with van der Waals surface area (Å²) in [5, 5.41) is 7.89. The molecule has 2 aliphatic rings. The Labute approximate surface area is 150 Å². The first kappa shape index (κ1) is 16.4. The Hall–Kier alpha value is -2.02. The standard InChI is InChI=1S/C18H22N4O2S/c1-22-13-7-8-15-17(12(13)10-19-22)21-18(25-15)20-16(24)9-6-11-4-2-3-5-14(11)23/h10-11H,2-9H2,1H3,(H,20,21,24). The van der Waals surface area contributed by atoms with Crippen LogP contribution in [0.2, 0.25) is 0 Å². The van der Waals surface area contributed by atoms with Gasteiger partial charge in [-0.25, -0.2) is 4.98 Å². The van der Waals surface area contributed by atoms with Gasteiger partial charge in [-0.2, -0.15) is 5.10 Å². The van der Waals surface area contributed by atoms with E-state index in [1.807, 2.05) is 17.9 Å². The van der Waals surface area contributed by atoms with Gasteiger partial charge >= 0.3 is 0 Å². The first-order valence-corrected chi connectivity index (χ1v) is 9.77. The molecule has 0 bridgehead atoms. The van der Waals surface area contributed by atoms with E-state index in [-0.39, 0.29) is 11.8 Å². The highest BCUT2D eigenvalue weighted by atomic mass is 32.1. The molecule has 0 aliphatic heterocycles. The number of carbonyl (C=O) groups is 2. The fourth-order valence-corrected chi connectivity index (χ4v) is 4.81. The van der Waals surface area contributed by atoms with Gasteiger partial charge in [-0.1, -0.05) is 6.42 Å². The lowest BCUT2D eigenvalue weighted by Crippen LogP contribution is -2.21. The van der Waals surface area contributed by atoms with E-state index in [9.17, 15) is 9.59 Å². The molecular weight excluding hydrogens is 336 g/mol. The summed E-state index contributed by atoms with van der Waals surface area (Å²) in [5.74, 6) is 0.353. The second kappa shape index (κ2) is 6.71. The maximum Gasteiger partial charge on any atom is 0.226 e. The molecule has 7 heteroatoms. The molecule has 4 rings (SSSR count). The Morgan fingerprint density at radius 1 is 1.36 bits per heavy atom. The Balaban J connectivity index is 1.40. The molecule has 2 aromatic rings. The number of amides is 1. The van der Waals surface area contributed by atoms with Crippen molar-refractivity contribution in [3.63, 3.8) is 0 Å². The molecule has 132 valence electrons. The molecule has 1 unspecified atom stereocenters. The normalized spacial score (nSPS) is 19.4. The van der Waals surface area contributed by atoms with E-state index < -0.39 is 0 Å². The molecule has 2 heterocycles. The molecular formula is C18H22N4O2S. The SMILES string of the molecule is Cn1ncc2c1CCc1sc(NC(=O)CCC3CCCCC3=O)nc1-2. The van der Waals surface area contributed by atoms with E-state index in [1.54, 1.807) is 11.3 Å². The lowest BCUT2D eigenvalue weighted by atomic mass is 9.85. The second-order valence-corrected chi connectivity index (χ2v) is 8.00. The quantitative estimate of drug-likeness (QED) is 0.911. The van der Waals surface area contributed by atoms with Crippen molar-refractivity contribution in [1.82, 2.24) is 14.8 Å². The zero-order valence-electron chi connectivity index (χ0n) is 14.4. The number of fused-ring (bicyclic) bond motifs is 3. The van der Waals surface area contributed by atoms with Crippen LogP contribution in [-0.4, -0.2) is 26.5 Å². The highest BCUT2D eigenvalue weighted by Crippen LogP contribution is 2.37. The molecule has 0 saturated heterocycles. The summed E-state index contributed by atoms with van der Waals surface area (Å²) in [5.41, 5.74) is 3.23. The number of aromatic nitrogens is 3. The molecule has 0 aromatic carbocycles. The van der Waals surface area contributed by atoms with Gasteiger partial charge in [0.15, 0.2) is 5.13 Å². The van der Waals surface area contributed by atoms with Crippen molar-refractivity contribution in [3.8, 4) is 11.3 Å². The van der Waals surface area contributed by atoms with Crippen molar-refractivity contribution >= 4 is 28.2 Å². The van der Waals surface area contributed by atoms with Crippen molar-refractivity contribution in [1.29, 1.82) is 0 Å². The number of hydrogen-bond acceptors (Lipinski definition) is 5. The molecule has 1 atom stereocenters. The van der Waals surface area contributed by atoms with Crippen LogP contribution < -0.4 is 5.32 Å². The molecule has 2 aliphatic carbocycles. The maximum absolute atomic E-state index is 12.3. The molecule has 1 saturated carbocycles. The van der Waals surface area contributed by atoms with E-state index in [1.165, 1.54) is 10.6 Å². The van der Waals surface area contributed by atoms with Gasteiger partial charge in [0.1, 0.15) is 5.78 Å². The molecule has 1 N–H and O–H groups in total. The minimum atomic E-state index is -0.0455. The maximum atomic E-state index is 12.3. The lowest BCUT2D eigenvalue weighted by Gasteiger charge is -2.19. The number of carbonyl (C=O) groups excluding carboxylic acids is 2. The molecule has 2 aromatic heterocycles. The topological polar surface area (TPSA) is 76.9 Å². The van der Waals surface area contributed by atoms with Crippen molar-refractivity contribution in [2.45, 2.75) is 51.4 Å². The molecule has 6 nitrogen and oxygen atoms in total. The summed E-state index contributed by atoms with van der Waals surface area (Å²) in [6.07, 6.45) is 8.51. The van der Waals surface area contributed by atoms with Gasteiger partial charge in [0.2, 0.25) is 5.91 Å². The Bertz CT molecular complexity index is 823. The monoisotopic (exact) mass is 358 g/mol. The molecule has 1 fully saturated rings. The summed E-state index contributed by atoms with van der Waals surface area (Å²) in [6.45, 7) is 0. The molecule has 25 heavy (non-hydrogen) atoms. The number of aryl methyl sites for hydroxylation is 2. The van der Waals surface area contributed by atoms with Crippen molar-refractivity contribution in [2.24, 2.45) is 13.0 Å². The lowest BCUT2D eigenvalue weighted by molar-refractivity contribution is -0.125. The van der Waals surface area contributed by atoms with Crippen LogP contribution in [0.25, 0.3) is 11.3 Å². The van der Waals surface area contributed by atoms with Crippen LogP contribution in [0.1, 0.15) is 49.1 Å². The van der Waals surface area contributed by atoms with Gasteiger partial charge in [-0.3, -0.25) is 14.3 Å². The van der Waals surface area contributed by atoms with E-state index >= 15 is 0 Å². The number of rotatable bonds is 4. The Morgan fingerprint density at radius 3 is 3.08 bits per heavy atom. The van der Waals surface area contributed by atoms with Crippen LogP contribution in [-0.2, 0) is 29.5 Å². The van der Waals surface area contributed by atoms with Crippen LogP contribution in [0.5, 0.6) is 0 Å². The van der Waals surface area contributed by atoms with Crippen molar-refractivity contribution < 1.29 is 9.59 Å². The third-order valence-electron chi connectivity index (χ3n) is 5.25. The summed E-state index contributed by atoms with van der Waals surface area (Å²) >= 11 is 1.55. The minimum Gasteiger partial charge on any atom is -0.302 e. The fourth-order valence-electron chi connectivity index (χ4n) is 3.82. The number of thiazole rings is 1. The van der Waals surface area contributed by atoms with Gasteiger partial charge < -0.3 is 5.32 Å². The number of anilines is 1. The smallest absolute Gasteiger partial charge is 0.226 e. The van der Waals surface area contributed by atoms with Crippen molar-refractivity contribution in [3.05, 3.63) is 16.8 Å². The second-order valence-electron chi connectivity index (χ2n) is 6.92. The molecule has 0 radical (unpaired) electrons. The number of ketones is 1. The number of nitrogens with zero attached hydrogens (tertiary/aromatic N) is 3. The highest BCUT2D eigenvalue weighted by Gasteiger charge is 2.25. The number of Topliss-reactive ketones (excluding diaryl/α,β-unsaturated/α-hetero) is 1. The van der Waals surface area contributed by atoms with Gasteiger partial charge in [-0.15, -0.1) is 11.3 Å². The molecule has 0 spiro atoms. The fraction of sp³-hybridized carbons (Fsp3) is 0.556. The van der Waals surface area contributed by atoms with Crippen LogP contribution in [0.4, 0.5) is 5.13 Å². The third-order valence-corrected chi connectivity index (χ3v) is 6.28. The average molecular weight is 358 g/mol. The Kier molecular flexibility index (Phi) is 4.41. The van der Waals surface area contributed by atoms with E-state index in [4.69, 9.17) is 0 Å². The average Bonchev–Trinajstić information content (AvgIpc) is 3.17. The first-order chi connectivity index (χ1) is 12.1. The van der Waals surface area contributed by atoms with Gasteiger partial charge in [0.25, 0.3) is 0 Å². The largest absolute Gasteiger partial charge is 0.302 e. The minimum absolute atomic E-state index is 0.0455. The van der Waals surface area contributed by atoms with Crippen LogP contribution in [0.15, 0.2) is 6.20 Å². The number of nitrogens with one attached hydrogen (secondary N) is 1. The summed E-state index contributed by atoms with van der Waals surface area (Å²) in [4.78, 5) is 29.9. The summed E-state index contributed by atoms with van der Waals surface area (Å²) < 4.78 is 1.90. The highest BCUT2D eigenvalue weighted by molar-refractivity contribution is 7.16.